The Morgan fingerprint density at radius 3 is 1.78 bits per heavy atom. The fraction of sp³-hybridized carbons (Fsp3) is 0.277. The van der Waals surface area contributed by atoms with E-state index in [2.05, 4.69) is 27.5 Å². The number of nitrogens with one attached hydrogen (secondary N) is 1. The van der Waals surface area contributed by atoms with Crippen molar-refractivity contribution in [1.82, 2.24) is 24.6 Å². The molecule has 13 nitrogen and oxygen atoms in total. The maximum Gasteiger partial charge on any atom is 0.314 e. The summed E-state index contributed by atoms with van der Waals surface area (Å²) < 4.78 is 7.65. The monoisotopic (exact) mass is 808 g/mol. The number of fused-ring (bicyclic) bond motifs is 1. The molecule has 5 N–H and O–H groups in total. The topological polar surface area (TPSA) is 179 Å². The van der Waals surface area contributed by atoms with E-state index in [0.29, 0.717) is 55.2 Å². The highest BCUT2D eigenvalue weighted by atomic mass is 16.5. The lowest BCUT2D eigenvalue weighted by atomic mass is 10.0. The van der Waals surface area contributed by atoms with Gasteiger partial charge in [-0.3, -0.25) is 19.2 Å². The number of hydrogen-bond donors (Lipinski definition) is 3. The Balaban J connectivity index is 0.000000233. The Labute approximate surface area is 350 Å². The van der Waals surface area contributed by atoms with Crippen LogP contribution in [0.3, 0.4) is 0 Å². The molecule has 0 aliphatic carbocycles. The number of nitrogen functional groups attached to an aromatic ring is 1. The molecule has 4 aromatic carbocycles. The molecule has 60 heavy (non-hydrogen) atoms. The quantitative estimate of drug-likeness (QED) is 0.126. The highest BCUT2D eigenvalue weighted by Gasteiger charge is 2.27. The third-order valence-corrected chi connectivity index (χ3v) is 10.5. The van der Waals surface area contributed by atoms with E-state index in [0.717, 1.165) is 63.8 Å². The zero-order valence-electron chi connectivity index (χ0n) is 34.6. The van der Waals surface area contributed by atoms with Gasteiger partial charge in [0.2, 0.25) is 0 Å². The lowest BCUT2D eigenvalue weighted by Gasteiger charge is -2.25. The molecule has 1 unspecified atom stereocenters. The van der Waals surface area contributed by atoms with Gasteiger partial charge in [-0.05, 0) is 80.3 Å². The maximum absolute atomic E-state index is 13.6. The van der Waals surface area contributed by atoms with Crippen molar-refractivity contribution in [2.45, 2.75) is 79.4 Å². The van der Waals surface area contributed by atoms with Gasteiger partial charge in [-0.15, -0.1) is 0 Å². The molecule has 4 amide bonds. The van der Waals surface area contributed by atoms with Gasteiger partial charge in [-0.2, -0.15) is 5.10 Å². The minimum atomic E-state index is -0.930. The summed E-state index contributed by atoms with van der Waals surface area (Å²) in [5, 5.41) is 7.87. The predicted molar refractivity (Wildman–Crippen MR) is 232 cm³/mol. The van der Waals surface area contributed by atoms with Crippen LogP contribution in [0.2, 0.25) is 0 Å². The van der Waals surface area contributed by atoms with Gasteiger partial charge in [0.1, 0.15) is 11.3 Å². The van der Waals surface area contributed by atoms with E-state index in [1.807, 2.05) is 113 Å². The predicted octanol–water partition coefficient (Wildman–Crippen LogP) is 6.81. The Kier molecular flexibility index (Phi) is 14.1. The number of carbonyl (C=O) groups excluding carboxylic acids is 4. The number of aromatic nitrogens is 3. The minimum Gasteiger partial charge on any atom is -0.383 e. The molecule has 0 saturated carbocycles. The zero-order chi connectivity index (χ0) is 42.8. The Morgan fingerprint density at radius 2 is 1.28 bits per heavy atom. The highest BCUT2D eigenvalue weighted by Crippen LogP contribution is 2.32. The van der Waals surface area contributed by atoms with Crippen molar-refractivity contribution >= 4 is 46.0 Å². The van der Waals surface area contributed by atoms with Gasteiger partial charge in [0.25, 0.3) is 0 Å². The zero-order valence-corrected chi connectivity index (χ0v) is 34.6. The van der Waals surface area contributed by atoms with Gasteiger partial charge in [0.05, 0.1) is 23.5 Å². The SMILES string of the molecule is Cc1ccc(CN(Cc2ccccc2)C(=O)C(=O)Nc2cnc(N)c3cnn(C4CCCCO4)c23)c(C)c1.Cc1ccc(CN(Cc2ccccc2)C(=O)C(N)=O)c(C)c1. The number of rotatable bonds is 10. The Morgan fingerprint density at radius 1 is 0.733 bits per heavy atom. The lowest BCUT2D eigenvalue weighted by molar-refractivity contribution is -0.145. The van der Waals surface area contributed by atoms with Crippen molar-refractivity contribution in [3.63, 3.8) is 0 Å². The van der Waals surface area contributed by atoms with E-state index in [-0.39, 0.29) is 6.23 Å². The van der Waals surface area contributed by atoms with Crippen LogP contribution in [0, 0.1) is 27.7 Å². The van der Waals surface area contributed by atoms with Gasteiger partial charge in [0, 0.05) is 32.8 Å². The summed E-state index contributed by atoms with van der Waals surface area (Å²) in [4.78, 5) is 57.6. The number of primary amides is 1. The highest BCUT2D eigenvalue weighted by molar-refractivity contribution is 6.40. The molecule has 0 spiro atoms. The summed E-state index contributed by atoms with van der Waals surface area (Å²) in [5.74, 6) is -2.69. The maximum atomic E-state index is 13.6. The van der Waals surface area contributed by atoms with Crippen LogP contribution in [-0.4, -0.2) is 54.8 Å². The molecule has 1 aliphatic heterocycles. The van der Waals surface area contributed by atoms with E-state index < -0.39 is 23.6 Å². The Bertz CT molecular complexity index is 2460. The third kappa shape index (κ3) is 10.8. The summed E-state index contributed by atoms with van der Waals surface area (Å²) in [7, 11) is 0. The lowest BCUT2D eigenvalue weighted by Crippen LogP contribution is -2.39. The number of pyridine rings is 1. The number of benzene rings is 4. The van der Waals surface area contributed by atoms with Crippen molar-refractivity contribution in [2.75, 3.05) is 17.7 Å². The molecule has 0 bridgehead atoms. The van der Waals surface area contributed by atoms with E-state index in [4.69, 9.17) is 16.2 Å². The van der Waals surface area contributed by atoms with Crippen LogP contribution in [0.1, 0.15) is 70.0 Å². The molecule has 13 heteroatoms. The summed E-state index contributed by atoms with van der Waals surface area (Å²) in [6, 6.07) is 31.3. The van der Waals surface area contributed by atoms with E-state index in [1.165, 1.54) is 11.1 Å². The second kappa shape index (κ2) is 19.7. The molecule has 1 aliphatic rings. The van der Waals surface area contributed by atoms with E-state index >= 15 is 0 Å². The van der Waals surface area contributed by atoms with Crippen LogP contribution in [0.25, 0.3) is 10.9 Å². The first-order valence-corrected chi connectivity index (χ1v) is 20.0. The van der Waals surface area contributed by atoms with Gasteiger partial charge in [0.15, 0.2) is 6.23 Å². The molecule has 3 heterocycles. The van der Waals surface area contributed by atoms with Crippen LogP contribution >= 0.6 is 0 Å². The largest absolute Gasteiger partial charge is 0.383 e. The molecule has 310 valence electrons. The first-order chi connectivity index (χ1) is 28.9. The molecule has 0 radical (unpaired) electrons. The average Bonchev–Trinajstić information content (AvgIpc) is 3.71. The summed E-state index contributed by atoms with van der Waals surface area (Å²) in [5.41, 5.74) is 20.6. The van der Waals surface area contributed by atoms with Crippen molar-refractivity contribution in [3.8, 4) is 0 Å². The van der Waals surface area contributed by atoms with Crippen molar-refractivity contribution in [1.29, 1.82) is 0 Å². The number of aryl methyl sites for hydroxylation is 4. The number of hydrogen-bond acceptors (Lipinski definition) is 8. The van der Waals surface area contributed by atoms with Gasteiger partial charge < -0.3 is 31.3 Å². The van der Waals surface area contributed by atoms with Gasteiger partial charge >= 0.3 is 23.6 Å². The summed E-state index contributed by atoms with van der Waals surface area (Å²) in [6.45, 7) is 10.0. The first-order valence-electron chi connectivity index (χ1n) is 20.0. The molecule has 1 atom stereocenters. The number of anilines is 2. The van der Waals surface area contributed by atoms with E-state index in [9.17, 15) is 19.2 Å². The normalized spacial score (nSPS) is 13.5. The fourth-order valence-electron chi connectivity index (χ4n) is 7.25. The average molecular weight is 809 g/mol. The second-order valence-corrected chi connectivity index (χ2v) is 15.2. The van der Waals surface area contributed by atoms with E-state index in [1.54, 1.807) is 15.8 Å². The molecule has 6 aromatic rings. The molecule has 7 rings (SSSR count). The van der Waals surface area contributed by atoms with Crippen molar-refractivity contribution < 1.29 is 23.9 Å². The van der Waals surface area contributed by atoms with Crippen molar-refractivity contribution in [3.05, 3.63) is 154 Å². The molecular weight excluding hydrogens is 757 g/mol. The van der Waals surface area contributed by atoms with Gasteiger partial charge in [-0.1, -0.05) is 108 Å². The van der Waals surface area contributed by atoms with Crippen LogP contribution < -0.4 is 16.8 Å². The first kappa shape index (κ1) is 42.7. The van der Waals surface area contributed by atoms with Crippen molar-refractivity contribution in [2.24, 2.45) is 5.73 Å². The second-order valence-electron chi connectivity index (χ2n) is 15.2. The van der Waals surface area contributed by atoms with Crippen LogP contribution in [0.15, 0.2) is 109 Å². The Hall–Kier alpha value is -6.86. The van der Waals surface area contributed by atoms with Crippen LogP contribution in [0.4, 0.5) is 11.5 Å². The van der Waals surface area contributed by atoms with Crippen LogP contribution in [-0.2, 0) is 50.1 Å². The molecule has 2 aromatic heterocycles. The number of nitrogens with two attached hydrogens (primary N) is 2. The number of ether oxygens (including phenoxy) is 1. The number of nitrogens with zero attached hydrogens (tertiary/aromatic N) is 5. The smallest absolute Gasteiger partial charge is 0.314 e. The molecule has 1 saturated heterocycles. The van der Waals surface area contributed by atoms with Crippen LogP contribution in [0.5, 0.6) is 0 Å². The number of amides is 4. The fourth-order valence-corrected chi connectivity index (χ4v) is 7.25. The standard InChI is InChI=1S/C29H32N6O3.C18H20N2O2/c1-19-11-12-22(20(2)14-19)18-34(17-21-8-4-3-5-9-21)29(37)28(36)33-24-16-31-27(30)23-15-32-35(26(23)24)25-10-6-7-13-38-25;1-13-8-9-16(14(2)10-13)12-20(18(22)17(19)21)11-15-6-4-3-5-7-15/h3-5,8-9,11-12,14-16,25H,6-7,10,13,17-18H2,1-2H3,(H2,30,31)(H,33,36);3-10H,11-12H2,1-2H3,(H2,19,21). The molecular formula is C47H52N8O5. The minimum absolute atomic E-state index is 0.270. The summed E-state index contributed by atoms with van der Waals surface area (Å²) >= 11 is 0. The summed E-state index contributed by atoms with van der Waals surface area (Å²) in [6.07, 6.45) is 5.62. The third-order valence-electron chi connectivity index (χ3n) is 10.5. The number of carbonyl (C=O) groups is 4. The molecule has 1 fully saturated rings. The van der Waals surface area contributed by atoms with Gasteiger partial charge in [-0.25, -0.2) is 9.67 Å².